The lowest BCUT2D eigenvalue weighted by atomic mass is 9.82. The monoisotopic (exact) mass is 1830 g/mol. The summed E-state index contributed by atoms with van der Waals surface area (Å²) < 4.78 is 0. The Morgan fingerprint density at radius 1 is 0.149 bits per heavy atom. The number of rotatable bonds is 15. The first-order valence-electron chi connectivity index (χ1n) is 48.8. The molecule has 141 heavy (non-hydrogen) atoms. The Bertz CT molecular complexity index is 7640. The smallest absolute Gasteiger partial charge is 0.0487 e. The van der Waals surface area contributed by atoms with E-state index in [1.807, 2.05) is 18.2 Å². The van der Waals surface area contributed by atoms with Crippen molar-refractivity contribution in [2.24, 2.45) is 0 Å². The maximum absolute atomic E-state index is 2.36. The predicted molar refractivity (Wildman–Crippen MR) is 611 cm³/mol. The van der Waals surface area contributed by atoms with Gasteiger partial charge in [0.05, 0.1) is 0 Å². The maximum Gasteiger partial charge on any atom is 0.0487 e. The molecule has 2 aliphatic carbocycles. The molecular weight excluding hydrogens is 1710 g/mol. The van der Waals surface area contributed by atoms with Crippen LogP contribution in [0.15, 0.2) is 504 Å². The third kappa shape index (κ3) is 22.0. The molecule has 0 bridgehead atoms. The van der Waals surface area contributed by atoms with Crippen LogP contribution in [0.5, 0.6) is 0 Å². The van der Waals surface area contributed by atoms with Crippen molar-refractivity contribution in [3.8, 4) is 33.4 Å². The summed E-state index contributed by atoms with van der Waals surface area (Å²) in [5.74, 6) is 0. The van der Waals surface area contributed by atoms with E-state index in [2.05, 4.69) is 617 Å². The quantitative estimate of drug-likeness (QED) is 0.101. The van der Waals surface area contributed by atoms with Crippen molar-refractivity contribution in [2.45, 2.75) is 59.3 Å². The number of para-hydroxylation sites is 7. The molecule has 7 nitrogen and oxygen atoms in total. The second-order valence-electron chi connectivity index (χ2n) is 37.4. The number of nitrogens with zero attached hydrogens (tertiary/aromatic N) is 7. The van der Waals surface area contributed by atoms with Crippen molar-refractivity contribution >= 4 is 123 Å². The van der Waals surface area contributed by atoms with Gasteiger partial charge in [0, 0.05) is 145 Å². The van der Waals surface area contributed by atoms with Crippen LogP contribution in [0.3, 0.4) is 0 Å². The van der Waals surface area contributed by atoms with E-state index < -0.39 is 0 Å². The molecule has 21 aromatic rings. The summed E-state index contributed by atoms with van der Waals surface area (Å²) >= 11 is 0. The third-order valence-corrected chi connectivity index (χ3v) is 27.8. The van der Waals surface area contributed by atoms with Crippen molar-refractivity contribution in [3.05, 3.63) is 542 Å². The lowest BCUT2D eigenvalue weighted by Gasteiger charge is -2.25. The van der Waals surface area contributed by atoms with Crippen molar-refractivity contribution in [3.63, 3.8) is 0 Å². The first-order valence-corrected chi connectivity index (χ1v) is 48.8. The summed E-state index contributed by atoms with van der Waals surface area (Å²) in [6.07, 6.45) is 0. The van der Waals surface area contributed by atoms with Gasteiger partial charge in [-0.15, -0.1) is 0 Å². The summed E-state index contributed by atoms with van der Waals surface area (Å²) in [5.41, 5.74) is 34.7. The van der Waals surface area contributed by atoms with Gasteiger partial charge in [-0.2, -0.15) is 0 Å². The van der Waals surface area contributed by atoms with Crippen LogP contribution in [0.25, 0.3) is 76.5 Å². The van der Waals surface area contributed by atoms with Gasteiger partial charge in [-0.1, -0.05) is 386 Å². The number of aryl methyl sites for hydroxylation is 3. The largest absolute Gasteiger partial charge is 0.345 e. The summed E-state index contributed by atoms with van der Waals surface area (Å²) in [4.78, 5) is 15.6. The lowest BCUT2D eigenvalue weighted by Crippen LogP contribution is -2.16. The average molecular weight is 1830 g/mol. The van der Waals surface area contributed by atoms with Crippen LogP contribution in [-0.4, -0.2) is 49.3 Å². The lowest BCUT2D eigenvalue weighted by molar-refractivity contribution is 0.660. The molecule has 0 saturated heterocycles. The van der Waals surface area contributed by atoms with E-state index in [1.165, 1.54) is 195 Å². The van der Waals surface area contributed by atoms with Gasteiger partial charge in [0.15, 0.2) is 0 Å². The second-order valence-corrected chi connectivity index (χ2v) is 37.4. The highest BCUT2D eigenvalue weighted by molar-refractivity contribution is 5.97. The number of hydrogen-bond acceptors (Lipinski definition) is 7. The molecular formula is C134H125N7. The van der Waals surface area contributed by atoms with Crippen molar-refractivity contribution in [1.82, 2.24) is 0 Å². The molecule has 0 radical (unpaired) electrons. The number of fused-ring (bicyclic) bond motifs is 10. The fraction of sp³-hybridized carbons (Fsp3) is 0.119. The number of hydrogen-bond donors (Lipinski definition) is 0. The highest BCUT2D eigenvalue weighted by Crippen LogP contribution is 2.52. The zero-order chi connectivity index (χ0) is 97.9. The van der Waals surface area contributed by atoms with Gasteiger partial charge in [0.1, 0.15) is 0 Å². The molecule has 0 unspecified atom stereocenters. The summed E-state index contributed by atoms with van der Waals surface area (Å²) in [7, 11) is 14.8. The highest BCUT2D eigenvalue weighted by atomic mass is 15.1. The molecule has 7 heteroatoms. The molecule has 2 aliphatic rings. The Kier molecular flexibility index (Phi) is 30.1. The van der Waals surface area contributed by atoms with Crippen LogP contribution in [0.1, 0.15) is 66.6 Å². The van der Waals surface area contributed by atoms with E-state index in [0.29, 0.717) is 0 Å². The molecule has 21 aromatic carbocycles. The molecule has 0 N–H and O–H groups in total. The maximum atomic E-state index is 2.36. The van der Waals surface area contributed by atoms with Gasteiger partial charge in [0.2, 0.25) is 0 Å². The fourth-order valence-electron chi connectivity index (χ4n) is 19.4. The first-order chi connectivity index (χ1) is 68.6. The van der Waals surface area contributed by atoms with Gasteiger partial charge in [-0.25, -0.2) is 0 Å². The van der Waals surface area contributed by atoms with Crippen LogP contribution in [0.2, 0.25) is 0 Å². The molecule has 0 saturated carbocycles. The van der Waals surface area contributed by atoms with E-state index in [0.717, 1.165) is 0 Å². The topological polar surface area (TPSA) is 22.7 Å². The van der Waals surface area contributed by atoms with Crippen LogP contribution >= 0.6 is 0 Å². The third-order valence-electron chi connectivity index (χ3n) is 27.8. The Labute approximate surface area is 835 Å². The Hall–Kier alpha value is -16.7. The van der Waals surface area contributed by atoms with Gasteiger partial charge in [0.25, 0.3) is 0 Å². The van der Waals surface area contributed by atoms with Crippen molar-refractivity contribution in [1.29, 1.82) is 0 Å². The molecule has 0 fully saturated rings. The van der Waals surface area contributed by atoms with E-state index >= 15 is 0 Å². The fourth-order valence-corrected chi connectivity index (χ4v) is 19.4. The Morgan fingerprint density at radius 2 is 0.390 bits per heavy atom. The molecule has 0 aromatic heterocycles. The van der Waals surface area contributed by atoms with E-state index in [1.54, 1.807) is 0 Å². The van der Waals surface area contributed by atoms with Crippen LogP contribution in [0, 0.1) is 20.8 Å². The molecule has 0 aliphatic heterocycles. The SMILES string of the molecule is CN(c1ccc(-c2ccccc2)cc1)c1ccc2c(c1)C(C)(C)c1ccccc1-2.CN(c1ccc2ccccc2c1)c1ccc2ccccc2c1.CN(c1ccccc1)c1ccc2c(c1)C(C)(C)c1ccccc1-2.CN(c1ccccc1)c1ccc2ccccc2c1.CN(c1ccccc1)c1cccc2ccccc12.Cc1ccccc1N(C)c1ccccc1.Cc1ccccc1N(C)c1ccccc1C. The van der Waals surface area contributed by atoms with Gasteiger partial charge < -0.3 is 34.3 Å². The standard InChI is InChI=1S/C28H25N.C22H21N.C21H17N.2C17H15N.C15H17N.C14H15N/c1-28(2)26-12-8-7-11-24(26)25-18-17-23(19-27(25)28)29(3)22-15-13-21(14-16-22)20-9-5-4-6-10-20;1-22(2)20-12-8-7-11-18(20)19-14-13-17(15-21(19)22)23(3)16-9-5-4-6-10-16;1-22(20-12-10-16-6-2-4-8-18(16)14-20)21-13-11-17-7-3-5-9-19(17)15-21;1-18(15-10-3-2-4-11-15)17-13-7-9-14-8-5-6-12-16(14)17;1-18(16-9-3-2-4-10-16)17-12-11-14-7-5-6-8-15(14)13-17;1-12-8-4-6-10-14(12)16(3)15-11-7-5-9-13(15)2;1-12-8-6-7-11-14(12)15(2)13-9-4-3-5-10-13/h4-19H,1-3H3;4-15H,1-3H3;2-15H,1H3;2*2-13H,1H3;4-11H,1-3H3;3-11H,1-2H3. The van der Waals surface area contributed by atoms with Gasteiger partial charge in [-0.3, -0.25) is 0 Å². The van der Waals surface area contributed by atoms with E-state index in [-0.39, 0.29) is 10.8 Å². The average Bonchev–Trinajstić information content (AvgIpc) is 1.58. The Morgan fingerprint density at radius 3 is 0.773 bits per heavy atom. The van der Waals surface area contributed by atoms with Gasteiger partial charge >= 0.3 is 0 Å². The zero-order valence-corrected chi connectivity index (χ0v) is 83.6. The van der Waals surface area contributed by atoms with Crippen LogP contribution in [-0.2, 0) is 10.8 Å². The summed E-state index contributed by atoms with van der Waals surface area (Å²) in [6.45, 7) is 15.7. The molecule has 0 amide bonds. The van der Waals surface area contributed by atoms with Crippen molar-refractivity contribution < 1.29 is 0 Å². The van der Waals surface area contributed by atoms with Crippen molar-refractivity contribution in [2.75, 3.05) is 83.6 Å². The van der Waals surface area contributed by atoms with E-state index in [9.17, 15) is 0 Å². The van der Waals surface area contributed by atoms with Crippen LogP contribution < -0.4 is 34.3 Å². The predicted octanol–water partition coefficient (Wildman–Crippen LogP) is 36.0. The first kappa shape index (κ1) is 96.0. The molecule has 0 spiro atoms. The van der Waals surface area contributed by atoms with Crippen LogP contribution in [0.4, 0.5) is 79.6 Å². The number of anilines is 14. The minimum Gasteiger partial charge on any atom is -0.345 e. The van der Waals surface area contributed by atoms with E-state index in [4.69, 9.17) is 0 Å². The zero-order valence-electron chi connectivity index (χ0n) is 83.6. The molecule has 0 atom stereocenters. The summed E-state index contributed by atoms with van der Waals surface area (Å²) in [5, 5.41) is 10.2. The molecule has 23 rings (SSSR count). The normalized spacial score (nSPS) is 11.7. The molecule has 696 valence electrons. The molecule has 0 heterocycles. The second kappa shape index (κ2) is 44.2. The minimum absolute atomic E-state index is 0.0277. The Balaban J connectivity index is 0.000000115. The highest BCUT2D eigenvalue weighted by Gasteiger charge is 2.37. The minimum atomic E-state index is 0.0277. The summed E-state index contributed by atoms with van der Waals surface area (Å²) in [6, 6.07) is 178. The number of benzene rings is 21. The van der Waals surface area contributed by atoms with Gasteiger partial charge in [-0.05, 0) is 276 Å².